The Kier molecular flexibility index (Phi) is 8.08. The SMILES string of the molecule is O=S(O)Oc1ccc(-c2cc(-c3ccccc3)nc3c2ccc2c(-c4ccc(OS(=O)O)cc4)cc(-c4ccccc4)nc23)cc1. The van der Waals surface area contributed by atoms with E-state index in [0.717, 1.165) is 55.5 Å². The van der Waals surface area contributed by atoms with Gasteiger partial charge in [-0.25, -0.2) is 9.97 Å². The molecule has 2 N–H and O–H groups in total. The van der Waals surface area contributed by atoms with E-state index in [9.17, 15) is 8.42 Å². The molecular weight excluding hydrogens is 621 g/mol. The first kappa shape index (κ1) is 29.5. The molecule has 0 saturated carbocycles. The number of benzene rings is 5. The molecule has 2 atom stereocenters. The Labute approximate surface area is 269 Å². The van der Waals surface area contributed by atoms with E-state index in [-0.39, 0.29) is 11.5 Å². The van der Waals surface area contributed by atoms with Crippen LogP contribution in [0.1, 0.15) is 0 Å². The van der Waals surface area contributed by atoms with Crippen molar-refractivity contribution in [3.63, 3.8) is 0 Å². The molecule has 0 aliphatic heterocycles. The molecule has 5 aromatic carbocycles. The molecule has 0 fully saturated rings. The van der Waals surface area contributed by atoms with Crippen molar-refractivity contribution in [1.82, 2.24) is 9.97 Å². The van der Waals surface area contributed by atoms with Gasteiger partial charge in [-0.3, -0.25) is 9.11 Å². The predicted molar refractivity (Wildman–Crippen MR) is 182 cm³/mol. The second kappa shape index (κ2) is 12.6. The molecule has 226 valence electrons. The minimum Gasteiger partial charge on any atom is -0.380 e. The summed E-state index contributed by atoms with van der Waals surface area (Å²) in [5.74, 6) is 0.550. The third-order valence-electron chi connectivity index (χ3n) is 7.56. The molecule has 46 heavy (non-hydrogen) atoms. The van der Waals surface area contributed by atoms with Crippen LogP contribution in [0.5, 0.6) is 11.5 Å². The lowest BCUT2D eigenvalue weighted by molar-refractivity contribution is 0.456. The molecule has 0 spiro atoms. The van der Waals surface area contributed by atoms with Crippen LogP contribution in [0.25, 0.3) is 66.6 Å². The number of pyridine rings is 2. The van der Waals surface area contributed by atoms with Gasteiger partial charge in [0.2, 0.25) is 0 Å². The van der Waals surface area contributed by atoms with Crippen LogP contribution in [-0.4, -0.2) is 27.5 Å². The minimum absolute atomic E-state index is 0.275. The summed E-state index contributed by atoms with van der Waals surface area (Å²) in [5, 5.41) is 1.76. The van der Waals surface area contributed by atoms with Crippen LogP contribution in [0.2, 0.25) is 0 Å². The third-order valence-corrected chi connectivity index (χ3v) is 8.23. The Balaban J connectivity index is 1.51. The zero-order valence-electron chi connectivity index (χ0n) is 23.9. The lowest BCUT2D eigenvalue weighted by atomic mass is 9.94. The molecule has 10 heteroatoms. The van der Waals surface area contributed by atoms with Crippen molar-refractivity contribution >= 4 is 44.5 Å². The van der Waals surface area contributed by atoms with E-state index in [1.54, 1.807) is 24.3 Å². The maximum atomic E-state index is 11.2. The molecule has 0 saturated heterocycles. The summed E-state index contributed by atoms with van der Waals surface area (Å²) >= 11 is -4.85. The lowest BCUT2D eigenvalue weighted by Gasteiger charge is -2.16. The van der Waals surface area contributed by atoms with Gasteiger partial charge >= 0.3 is 22.7 Å². The van der Waals surface area contributed by atoms with Gasteiger partial charge in [0, 0.05) is 21.9 Å². The van der Waals surface area contributed by atoms with Crippen LogP contribution in [0.15, 0.2) is 133 Å². The maximum Gasteiger partial charge on any atom is 0.357 e. The highest BCUT2D eigenvalue weighted by molar-refractivity contribution is 7.74. The molecule has 2 unspecified atom stereocenters. The van der Waals surface area contributed by atoms with E-state index in [1.165, 1.54) is 0 Å². The number of nitrogens with zero attached hydrogens (tertiary/aromatic N) is 2. The molecular formula is C36H24N2O6S2. The summed E-state index contributed by atoms with van der Waals surface area (Å²) < 4.78 is 50.6. The first-order valence-electron chi connectivity index (χ1n) is 14.1. The van der Waals surface area contributed by atoms with Crippen LogP contribution in [0.3, 0.4) is 0 Å². The highest BCUT2D eigenvalue weighted by Crippen LogP contribution is 2.40. The topological polar surface area (TPSA) is 119 Å². The Morgan fingerprint density at radius 1 is 0.457 bits per heavy atom. The smallest absolute Gasteiger partial charge is 0.357 e. The van der Waals surface area contributed by atoms with Crippen molar-refractivity contribution in [3.05, 3.63) is 133 Å². The van der Waals surface area contributed by atoms with Gasteiger partial charge in [-0.05, 0) is 58.7 Å². The second-order valence-corrected chi connectivity index (χ2v) is 11.6. The zero-order valence-corrected chi connectivity index (χ0v) is 25.6. The van der Waals surface area contributed by atoms with E-state index in [4.69, 9.17) is 27.4 Å². The number of hydrogen-bond donors (Lipinski definition) is 2. The molecule has 0 aliphatic carbocycles. The van der Waals surface area contributed by atoms with Gasteiger partial charge in [0.25, 0.3) is 0 Å². The summed E-state index contributed by atoms with van der Waals surface area (Å²) in [7, 11) is 0. The third kappa shape index (κ3) is 6.02. The highest BCUT2D eigenvalue weighted by Gasteiger charge is 2.17. The Morgan fingerprint density at radius 3 is 1.17 bits per heavy atom. The summed E-state index contributed by atoms with van der Waals surface area (Å²) in [4.78, 5) is 10.4. The first-order chi connectivity index (χ1) is 22.4. The summed E-state index contributed by atoms with van der Waals surface area (Å²) in [6.07, 6.45) is 0. The van der Waals surface area contributed by atoms with Gasteiger partial charge in [-0.1, -0.05) is 97.1 Å². The lowest BCUT2D eigenvalue weighted by Crippen LogP contribution is -1.98. The average molecular weight is 645 g/mol. The minimum atomic E-state index is -2.42. The van der Waals surface area contributed by atoms with Crippen molar-refractivity contribution < 1.29 is 25.9 Å². The molecule has 7 aromatic rings. The molecule has 0 bridgehead atoms. The van der Waals surface area contributed by atoms with E-state index >= 15 is 0 Å². The Hall–Kier alpha value is -5.26. The quantitative estimate of drug-likeness (QED) is 0.125. The number of hydrogen-bond acceptors (Lipinski definition) is 6. The first-order valence-corrected chi connectivity index (χ1v) is 16.2. The monoisotopic (exact) mass is 644 g/mol. The predicted octanol–water partition coefficient (Wildman–Crippen LogP) is 8.48. The fourth-order valence-electron chi connectivity index (χ4n) is 5.51. The largest absolute Gasteiger partial charge is 0.380 e. The molecule has 0 aliphatic rings. The number of fused-ring (bicyclic) bond motifs is 3. The second-order valence-electron chi connectivity index (χ2n) is 10.3. The Morgan fingerprint density at radius 2 is 0.826 bits per heavy atom. The molecule has 0 amide bonds. The van der Waals surface area contributed by atoms with Gasteiger partial charge in [0.1, 0.15) is 11.5 Å². The number of rotatable bonds is 8. The van der Waals surface area contributed by atoms with Crippen LogP contribution in [0.4, 0.5) is 0 Å². The van der Waals surface area contributed by atoms with Gasteiger partial charge in [0.05, 0.1) is 22.4 Å². The average Bonchev–Trinajstić information content (AvgIpc) is 3.08. The maximum absolute atomic E-state index is 11.2. The summed E-state index contributed by atoms with van der Waals surface area (Å²) in [6, 6.07) is 42.0. The van der Waals surface area contributed by atoms with Crippen LogP contribution in [0, 0.1) is 0 Å². The molecule has 2 aromatic heterocycles. The summed E-state index contributed by atoms with van der Waals surface area (Å²) in [5.41, 5.74) is 8.39. The van der Waals surface area contributed by atoms with Gasteiger partial charge in [-0.15, -0.1) is 0 Å². The van der Waals surface area contributed by atoms with E-state index in [2.05, 4.69) is 0 Å². The van der Waals surface area contributed by atoms with Gasteiger partial charge in [-0.2, -0.15) is 8.42 Å². The number of aromatic nitrogens is 2. The van der Waals surface area contributed by atoms with Crippen molar-refractivity contribution in [2.24, 2.45) is 0 Å². The van der Waals surface area contributed by atoms with Gasteiger partial charge < -0.3 is 8.37 Å². The van der Waals surface area contributed by atoms with Crippen molar-refractivity contribution in [1.29, 1.82) is 0 Å². The fraction of sp³-hybridized carbons (Fsp3) is 0. The molecule has 7 rings (SSSR count). The van der Waals surface area contributed by atoms with Crippen molar-refractivity contribution in [3.8, 4) is 56.3 Å². The normalized spacial score (nSPS) is 12.6. The molecule has 8 nitrogen and oxygen atoms in total. The van der Waals surface area contributed by atoms with Crippen molar-refractivity contribution in [2.45, 2.75) is 0 Å². The van der Waals surface area contributed by atoms with E-state index in [1.807, 2.05) is 109 Å². The van der Waals surface area contributed by atoms with Gasteiger partial charge in [0.15, 0.2) is 0 Å². The van der Waals surface area contributed by atoms with Crippen LogP contribution in [-0.2, 0) is 22.7 Å². The molecule has 0 radical (unpaired) electrons. The fourth-order valence-corrected chi connectivity index (χ4v) is 6.06. The molecule has 2 heterocycles. The zero-order chi connectivity index (χ0) is 31.6. The Bertz CT molecular complexity index is 2090. The highest BCUT2D eigenvalue weighted by atomic mass is 32.2. The van der Waals surface area contributed by atoms with Crippen LogP contribution < -0.4 is 8.37 Å². The van der Waals surface area contributed by atoms with E-state index in [0.29, 0.717) is 11.0 Å². The van der Waals surface area contributed by atoms with Crippen LogP contribution >= 0.6 is 0 Å². The summed E-state index contributed by atoms with van der Waals surface area (Å²) in [6.45, 7) is 0. The van der Waals surface area contributed by atoms with E-state index < -0.39 is 22.7 Å². The van der Waals surface area contributed by atoms with Crippen molar-refractivity contribution in [2.75, 3.05) is 0 Å². The standard InChI is InChI=1S/C36H24N2O6S2/c39-45(40)43-27-15-11-23(12-16-27)31-21-33(25-7-3-1-4-8-25)37-35-29(31)19-20-30-32(24-13-17-28(18-14-24)44-46(41)42)22-34(38-36(30)35)26-9-5-2-6-10-26/h1-22H,(H,39,40)(H,41,42).